The van der Waals surface area contributed by atoms with E-state index in [0.717, 1.165) is 21.0 Å². The van der Waals surface area contributed by atoms with Gasteiger partial charge in [-0.05, 0) is 24.5 Å². The van der Waals surface area contributed by atoms with Gasteiger partial charge in [-0.3, -0.25) is 0 Å². The van der Waals surface area contributed by atoms with Gasteiger partial charge in [0.15, 0.2) is 9.84 Å². The van der Waals surface area contributed by atoms with Gasteiger partial charge in [-0.15, -0.1) is 11.3 Å². The van der Waals surface area contributed by atoms with Gasteiger partial charge in [0.05, 0.1) is 31.5 Å². The molecule has 1 aromatic carbocycles. The molecule has 0 aliphatic rings. The first kappa shape index (κ1) is 23.6. The van der Waals surface area contributed by atoms with Gasteiger partial charge in [-0.1, -0.05) is 57.5 Å². The molecule has 9 heteroatoms. The molecule has 0 fully saturated rings. The highest BCUT2D eigenvalue weighted by atomic mass is 35.5. The van der Waals surface area contributed by atoms with Crippen LogP contribution < -0.4 is 5.73 Å². The Kier molecular flexibility index (Phi) is 6.74. The number of hydrogen-bond donors (Lipinski definition) is 1. The molecule has 0 amide bonds. The van der Waals surface area contributed by atoms with Crippen molar-refractivity contribution < 1.29 is 8.42 Å². The Bertz CT molecular complexity index is 1200. The number of sulfone groups is 1. The minimum absolute atomic E-state index is 0.163. The summed E-state index contributed by atoms with van der Waals surface area (Å²) in [6, 6.07) is 7.47. The lowest BCUT2D eigenvalue weighted by molar-refractivity contribution is 0.580. The monoisotopic (exact) mass is 478 g/mol. The molecule has 2 aromatic heterocycles. The Labute approximate surface area is 192 Å². The Hall–Kier alpha value is -2.03. The van der Waals surface area contributed by atoms with Crippen molar-refractivity contribution in [3.8, 4) is 21.8 Å². The van der Waals surface area contributed by atoms with Crippen molar-refractivity contribution in [1.29, 1.82) is 0 Å². The molecule has 6 nitrogen and oxygen atoms in total. The molecule has 166 valence electrons. The van der Waals surface area contributed by atoms with E-state index < -0.39 is 15.1 Å². The third-order valence-corrected chi connectivity index (χ3v) is 8.68. The number of halogens is 1. The topological polar surface area (TPSA) is 98.8 Å². The van der Waals surface area contributed by atoms with Crippen molar-refractivity contribution in [3.05, 3.63) is 46.1 Å². The van der Waals surface area contributed by atoms with E-state index in [4.69, 9.17) is 22.3 Å². The molecule has 1 unspecified atom stereocenters. The normalized spacial score (nSPS) is 13.4. The van der Waals surface area contributed by atoms with Crippen LogP contribution in [0.15, 0.2) is 30.5 Å². The predicted octanol–water partition coefficient (Wildman–Crippen LogP) is 5.17. The molecule has 3 rings (SSSR count). The standard InChI is InChI=1S/C22H27ClN4O2S2/c1-6-14(31(5,28)29)12-13-8-7-9-15(17(13)23)18-19(16-10-11-25-21(24)26-16)30-20(27-18)22(2,3)4/h7-11,14H,6,12H2,1-5H3,(H2,24,25,26). The quantitative estimate of drug-likeness (QED) is 0.524. The van der Waals surface area contributed by atoms with Crippen LogP contribution in [0.2, 0.25) is 5.02 Å². The summed E-state index contributed by atoms with van der Waals surface area (Å²) in [6.07, 6.45) is 3.77. The fraction of sp³-hybridized carbons (Fsp3) is 0.409. The second kappa shape index (κ2) is 8.84. The largest absolute Gasteiger partial charge is 0.368 e. The Morgan fingerprint density at radius 1 is 1.19 bits per heavy atom. The number of nitrogens with zero attached hydrogens (tertiary/aromatic N) is 3. The summed E-state index contributed by atoms with van der Waals surface area (Å²) in [5.74, 6) is 0.188. The number of thiazole rings is 1. The van der Waals surface area contributed by atoms with Gasteiger partial charge in [0.25, 0.3) is 0 Å². The van der Waals surface area contributed by atoms with Crippen LogP contribution in [0.1, 0.15) is 44.7 Å². The van der Waals surface area contributed by atoms with Crippen LogP contribution >= 0.6 is 22.9 Å². The SMILES string of the molecule is CCC(Cc1cccc(-c2nc(C(C)(C)C)sc2-c2ccnc(N)n2)c1Cl)S(C)(=O)=O. The van der Waals surface area contributed by atoms with Gasteiger partial charge in [0.1, 0.15) is 0 Å². The maximum Gasteiger partial charge on any atom is 0.220 e. The van der Waals surface area contributed by atoms with Crippen molar-refractivity contribution in [2.45, 2.75) is 51.2 Å². The molecule has 0 bridgehead atoms. The van der Waals surface area contributed by atoms with E-state index in [2.05, 4.69) is 30.7 Å². The zero-order valence-corrected chi connectivity index (χ0v) is 20.7. The molecule has 0 saturated heterocycles. The van der Waals surface area contributed by atoms with Crippen LogP contribution in [-0.4, -0.2) is 34.9 Å². The third kappa shape index (κ3) is 5.25. The minimum atomic E-state index is -3.18. The number of anilines is 1. The van der Waals surface area contributed by atoms with E-state index in [1.807, 2.05) is 25.1 Å². The summed E-state index contributed by atoms with van der Waals surface area (Å²) in [5, 5.41) is 0.972. The number of nitrogen functional groups attached to an aromatic ring is 1. The summed E-state index contributed by atoms with van der Waals surface area (Å²) in [4.78, 5) is 14.2. The van der Waals surface area contributed by atoms with Gasteiger partial charge >= 0.3 is 0 Å². The van der Waals surface area contributed by atoms with E-state index >= 15 is 0 Å². The molecule has 0 aliphatic heterocycles. The van der Waals surface area contributed by atoms with Gasteiger partial charge < -0.3 is 5.73 Å². The summed E-state index contributed by atoms with van der Waals surface area (Å²) >= 11 is 8.37. The Balaban J connectivity index is 2.18. The van der Waals surface area contributed by atoms with Crippen LogP contribution in [0, 0.1) is 0 Å². The predicted molar refractivity (Wildman–Crippen MR) is 129 cm³/mol. The average molecular weight is 479 g/mol. The highest BCUT2D eigenvalue weighted by Gasteiger charge is 2.26. The average Bonchev–Trinajstić information content (AvgIpc) is 3.12. The molecular weight excluding hydrogens is 452 g/mol. The number of aromatic nitrogens is 3. The fourth-order valence-corrected chi connectivity index (χ4v) is 5.75. The highest BCUT2D eigenvalue weighted by Crippen LogP contribution is 2.43. The third-order valence-electron chi connectivity index (χ3n) is 5.02. The van der Waals surface area contributed by atoms with E-state index in [9.17, 15) is 8.42 Å². The first-order chi connectivity index (χ1) is 14.4. The van der Waals surface area contributed by atoms with Gasteiger partial charge in [0, 0.05) is 23.4 Å². The summed E-state index contributed by atoms with van der Waals surface area (Å²) in [6.45, 7) is 8.17. The molecule has 0 aliphatic carbocycles. The highest BCUT2D eigenvalue weighted by molar-refractivity contribution is 7.91. The number of hydrogen-bond acceptors (Lipinski definition) is 7. The summed E-state index contributed by atoms with van der Waals surface area (Å²) in [7, 11) is -3.18. The van der Waals surface area contributed by atoms with Gasteiger partial charge in [0.2, 0.25) is 5.95 Å². The molecule has 0 saturated carbocycles. The Morgan fingerprint density at radius 3 is 2.48 bits per heavy atom. The number of benzene rings is 1. The molecule has 3 aromatic rings. The van der Waals surface area contributed by atoms with E-state index in [1.54, 1.807) is 23.6 Å². The maximum absolute atomic E-state index is 12.1. The van der Waals surface area contributed by atoms with Crippen LogP contribution in [0.3, 0.4) is 0 Å². The van der Waals surface area contributed by atoms with E-state index in [1.165, 1.54) is 6.26 Å². The summed E-state index contributed by atoms with van der Waals surface area (Å²) < 4.78 is 24.3. The van der Waals surface area contributed by atoms with Crippen molar-refractivity contribution in [2.75, 3.05) is 12.0 Å². The van der Waals surface area contributed by atoms with Crippen molar-refractivity contribution in [3.63, 3.8) is 0 Å². The van der Waals surface area contributed by atoms with Crippen molar-refractivity contribution in [1.82, 2.24) is 15.0 Å². The molecule has 0 radical (unpaired) electrons. The molecule has 0 spiro atoms. The van der Waals surface area contributed by atoms with Crippen LogP contribution in [0.5, 0.6) is 0 Å². The molecule has 1 atom stereocenters. The van der Waals surface area contributed by atoms with E-state index in [-0.39, 0.29) is 11.4 Å². The second-order valence-electron chi connectivity index (χ2n) is 8.59. The van der Waals surface area contributed by atoms with Crippen LogP contribution in [0.25, 0.3) is 21.8 Å². The van der Waals surface area contributed by atoms with Crippen molar-refractivity contribution in [2.24, 2.45) is 0 Å². The summed E-state index contributed by atoms with van der Waals surface area (Å²) in [5.41, 5.74) is 8.59. The van der Waals surface area contributed by atoms with Crippen LogP contribution in [-0.2, 0) is 21.7 Å². The maximum atomic E-state index is 12.1. The minimum Gasteiger partial charge on any atom is -0.368 e. The van der Waals surface area contributed by atoms with E-state index in [0.29, 0.717) is 29.3 Å². The Morgan fingerprint density at radius 2 is 1.90 bits per heavy atom. The van der Waals surface area contributed by atoms with Crippen LogP contribution in [0.4, 0.5) is 5.95 Å². The van der Waals surface area contributed by atoms with Gasteiger partial charge in [-0.25, -0.2) is 23.4 Å². The van der Waals surface area contributed by atoms with Crippen molar-refractivity contribution >= 4 is 38.7 Å². The molecular formula is C22H27ClN4O2S2. The zero-order valence-electron chi connectivity index (χ0n) is 18.3. The lowest BCUT2D eigenvalue weighted by atomic mass is 9.98. The lowest BCUT2D eigenvalue weighted by Crippen LogP contribution is -2.21. The van der Waals surface area contributed by atoms with Gasteiger partial charge in [-0.2, -0.15) is 0 Å². The molecule has 31 heavy (non-hydrogen) atoms. The molecule has 2 N–H and O–H groups in total. The smallest absolute Gasteiger partial charge is 0.220 e. The molecule has 2 heterocycles. The lowest BCUT2D eigenvalue weighted by Gasteiger charge is -2.16. The first-order valence-corrected chi connectivity index (χ1v) is 13.1. The fourth-order valence-electron chi connectivity index (χ4n) is 3.26. The first-order valence-electron chi connectivity index (χ1n) is 9.98. The number of nitrogens with two attached hydrogens (primary N) is 1. The zero-order chi connectivity index (χ0) is 23.0. The number of rotatable bonds is 6. The second-order valence-corrected chi connectivity index (χ2v) is 12.3.